The van der Waals surface area contributed by atoms with E-state index in [1.807, 2.05) is 6.92 Å². The number of carboxylic acid groups (broad SMARTS) is 1. The number of ether oxygens (including phenoxy) is 3. The standard InChI is InChI=1S/C43H61N9O11S/c1-28-23-29(2)40(30(3)24-28)64(59,60)52-35(42(57)58)27-49-41(56)38-33(39(55)32-9-8-31(25-34(32)51-38)26-50-43-47-15-16-48-43)7-4-13-45-36(53)10-11-37(54)46-14-6-18-62-20-22-63-21-19-61-17-5-12-44/h8-9,15-16,23-25,33,35,52H,4-7,10-14,17-22,26-27,44H2,1-3H3,(H,45,53)(H,46,54)(H,49,56)(H,57,58)(H2,47,48,50). The minimum atomic E-state index is -4.33. The van der Waals surface area contributed by atoms with Gasteiger partial charge in [-0.3, -0.25) is 24.0 Å². The van der Waals surface area contributed by atoms with E-state index in [2.05, 4.69) is 40.9 Å². The number of ketones is 1. The van der Waals surface area contributed by atoms with E-state index in [0.717, 1.165) is 17.5 Å². The van der Waals surface area contributed by atoms with Crippen LogP contribution in [-0.4, -0.2) is 131 Å². The Hall–Kier alpha value is -5.58. The molecule has 20 nitrogen and oxygen atoms in total. The highest BCUT2D eigenvalue weighted by molar-refractivity contribution is 7.89. The molecule has 3 amide bonds. The number of nitrogens with one attached hydrogen (secondary N) is 6. The van der Waals surface area contributed by atoms with Crippen LogP contribution >= 0.6 is 0 Å². The molecule has 0 bridgehead atoms. The molecular formula is C43H61N9O11S. The van der Waals surface area contributed by atoms with E-state index in [4.69, 9.17) is 19.9 Å². The normalized spacial score (nSPS) is 14.0. The van der Waals surface area contributed by atoms with Crippen LogP contribution in [0.1, 0.15) is 71.1 Å². The highest BCUT2D eigenvalue weighted by atomic mass is 32.2. The fourth-order valence-corrected chi connectivity index (χ4v) is 8.54. The third-order valence-corrected chi connectivity index (χ3v) is 11.7. The second-order valence-corrected chi connectivity index (χ2v) is 16.8. The van der Waals surface area contributed by atoms with Gasteiger partial charge in [-0.15, -0.1) is 0 Å². The van der Waals surface area contributed by atoms with E-state index in [1.54, 1.807) is 56.6 Å². The maximum atomic E-state index is 14.0. The predicted octanol–water partition coefficient (Wildman–Crippen LogP) is 1.96. The van der Waals surface area contributed by atoms with Gasteiger partial charge in [-0.05, 0) is 81.8 Å². The van der Waals surface area contributed by atoms with E-state index in [1.165, 1.54) is 0 Å². The molecule has 21 heteroatoms. The van der Waals surface area contributed by atoms with Crippen molar-refractivity contribution in [2.45, 2.75) is 76.8 Å². The summed E-state index contributed by atoms with van der Waals surface area (Å²) >= 11 is 0. The Morgan fingerprint density at radius 1 is 0.859 bits per heavy atom. The molecule has 64 heavy (non-hydrogen) atoms. The maximum absolute atomic E-state index is 14.0. The molecule has 9 N–H and O–H groups in total. The Balaban J connectivity index is 1.29. The van der Waals surface area contributed by atoms with E-state index < -0.39 is 46.2 Å². The number of aliphatic imine (C=N–C) groups is 1. The van der Waals surface area contributed by atoms with E-state index >= 15 is 0 Å². The van der Waals surface area contributed by atoms with Crippen LogP contribution in [0.2, 0.25) is 0 Å². The SMILES string of the molecule is Cc1cc(C)c(S(=O)(=O)NC(CNC(=O)C2=Nc3cc(CNc4ncc[nH]4)ccc3C(=O)C2CCCNC(=O)CCC(=O)NCCCOCCOCCOCCCN)C(=O)O)c(C)c1. The molecule has 3 aromatic rings. The van der Waals surface area contributed by atoms with Crippen molar-refractivity contribution in [1.82, 2.24) is 30.6 Å². The number of aryl methyl sites for hydroxylation is 3. The molecule has 0 aliphatic carbocycles. The van der Waals surface area contributed by atoms with E-state index in [9.17, 15) is 37.5 Å². The lowest BCUT2D eigenvalue weighted by atomic mass is 9.85. The molecule has 350 valence electrons. The average Bonchev–Trinajstić information content (AvgIpc) is 3.77. The number of rotatable bonds is 30. The Bertz CT molecular complexity index is 2160. The smallest absolute Gasteiger partial charge is 0.323 e. The largest absolute Gasteiger partial charge is 0.480 e. The van der Waals surface area contributed by atoms with Gasteiger partial charge in [-0.2, -0.15) is 4.72 Å². The molecule has 0 fully saturated rings. The summed E-state index contributed by atoms with van der Waals surface area (Å²) in [5, 5.41) is 21.1. The molecular weight excluding hydrogens is 851 g/mol. The van der Waals surface area contributed by atoms with Crippen molar-refractivity contribution in [3.8, 4) is 0 Å². The number of carboxylic acids is 1. The number of sulfonamides is 1. The summed E-state index contributed by atoms with van der Waals surface area (Å²) in [6, 6.07) is 6.60. The van der Waals surface area contributed by atoms with Crippen LogP contribution in [0.4, 0.5) is 11.6 Å². The van der Waals surface area contributed by atoms with Gasteiger partial charge in [-0.1, -0.05) is 23.8 Å². The van der Waals surface area contributed by atoms with Crippen LogP contribution in [0.3, 0.4) is 0 Å². The zero-order valence-electron chi connectivity index (χ0n) is 36.6. The average molecular weight is 912 g/mol. The van der Waals surface area contributed by atoms with Crippen LogP contribution in [0.15, 0.2) is 52.6 Å². The maximum Gasteiger partial charge on any atom is 0.323 e. The number of benzene rings is 2. The van der Waals surface area contributed by atoms with Crippen molar-refractivity contribution in [2.24, 2.45) is 16.6 Å². The number of aromatic amines is 1. The molecule has 2 unspecified atom stereocenters. The number of carbonyl (C=O) groups is 5. The number of carbonyl (C=O) groups excluding carboxylic acids is 4. The number of aliphatic carboxylic acids is 1. The number of hydrogen-bond acceptors (Lipinski definition) is 14. The van der Waals surface area contributed by atoms with Crippen LogP contribution < -0.4 is 31.7 Å². The lowest BCUT2D eigenvalue weighted by Gasteiger charge is -2.24. The number of imidazole rings is 1. The summed E-state index contributed by atoms with van der Waals surface area (Å²) < 4.78 is 45.3. The zero-order chi connectivity index (χ0) is 46.5. The minimum absolute atomic E-state index is 0.0283. The number of Topliss-reactive ketones (excluding diaryl/α,β-unsaturated/α-hetero) is 1. The monoisotopic (exact) mass is 911 g/mol. The van der Waals surface area contributed by atoms with Crippen molar-refractivity contribution >= 4 is 56.8 Å². The van der Waals surface area contributed by atoms with E-state index in [-0.39, 0.29) is 65.9 Å². The Morgan fingerprint density at radius 3 is 2.09 bits per heavy atom. The number of nitrogens with two attached hydrogens (primary N) is 1. The lowest BCUT2D eigenvalue weighted by Crippen LogP contribution is -2.50. The predicted molar refractivity (Wildman–Crippen MR) is 238 cm³/mol. The van der Waals surface area contributed by atoms with Gasteiger partial charge in [0, 0.05) is 70.2 Å². The second kappa shape index (κ2) is 26.3. The fourth-order valence-electron chi connectivity index (χ4n) is 6.90. The van der Waals surface area contributed by atoms with Gasteiger partial charge < -0.3 is 51.3 Å². The summed E-state index contributed by atoms with van der Waals surface area (Å²) in [4.78, 5) is 76.6. The third kappa shape index (κ3) is 16.5. The topological polar surface area (TPSA) is 295 Å². The molecule has 2 atom stereocenters. The Morgan fingerprint density at radius 2 is 1.48 bits per heavy atom. The van der Waals surface area contributed by atoms with Crippen LogP contribution in [0.5, 0.6) is 0 Å². The van der Waals surface area contributed by atoms with Crippen molar-refractivity contribution in [3.63, 3.8) is 0 Å². The molecule has 0 spiro atoms. The Labute approximate surface area is 373 Å². The first-order valence-electron chi connectivity index (χ1n) is 21.3. The number of H-pyrrole nitrogens is 1. The second-order valence-electron chi connectivity index (χ2n) is 15.2. The number of hydrogen-bond donors (Lipinski definition) is 8. The Kier molecular flexibility index (Phi) is 21.0. The first-order valence-corrected chi connectivity index (χ1v) is 22.7. The first-order chi connectivity index (χ1) is 30.7. The molecule has 1 aliphatic heterocycles. The molecule has 2 aromatic carbocycles. The minimum Gasteiger partial charge on any atom is -0.480 e. The molecule has 4 rings (SSSR count). The van der Waals surface area contributed by atoms with Crippen LogP contribution in [0, 0.1) is 26.7 Å². The molecule has 0 saturated carbocycles. The summed E-state index contributed by atoms with van der Waals surface area (Å²) in [7, 11) is -4.33. The van der Waals surface area contributed by atoms with Gasteiger partial charge in [0.05, 0.1) is 42.9 Å². The van der Waals surface area contributed by atoms with Crippen LogP contribution in [0.25, 0.3) is 0 Å². The number of aromatic nitrogens is 2. The summed E-state index contributed by atoms with van der Waals surface area (Å²) in [6.07, 6.45) is 4.89. The van der Waals surface area contributed by atoms with Gasteiger partial charge in [0.1, 0.15) is 11.8 Å². The van der Waals surface area contributed by atoms with Crippen molar-refractivity contribution < 1.29 is 51.7 Å². The third-order valence-electron chi connectivity index (χ3n) is 9.94. The van der Waals surface area contributed by atoms with Gasteiger partial charge >= 0.3 is 5.97 Å². The number of amides is 3. The highest BCUT2D eigenvalue weighted by Crippen LogP contribution is 2.32. The van der Waals surface area contributed by atoms with Gasteiger partial charge in [0.15, 0.2) is 11.7 Å². The lowest BCUT2D eigenvalue weighted by molar-refractivity contribution is -0.138. The van der Waals surface area contributed by atoms with Gasteiger partial charge in [0.25, 0.3) is 5.91 Å². The van der Waals surface area contributed by atoms with E-state index in [0.29, 0.717) is 82.8 Å². The molecule has 0 radical (unpaired) electrons. The number of nitrogens with zero attached hydrogens (tertiary/aromatic N) is 2. The molecule has 0 saturated heterocycles. The first kappa shape index (κ1) is 51.1. The van der Waals surface area contributed by atoms with Crippen molar-refractivity contribution in [3.05, 3.63) is 70.5 Å². The van der Waals surface area contributed by atoms with Crippen molar-refractivity contribution in [2.75, 3.05) is 71.1 Å². The fraction of sp³-hybridized carbons (Fsp3) is 0.512. The summed E-state index contributed by atoms with van der Waals surface area (Å²) in [6.45, 7) is 8.66. The quantitative estimate of drug-likeness (QED) is 0.0444. The molecule has 1 aromatic heterocycles. The van der Waals surface area contributed by atoms with Gasteiger partial charge in [-0.25, -0.2) is 18.4 Å². The molecule has 1 aliphatic rings. The number of fused-ring (bicyclic) bond motifs is 1. The highest BCUT2D eigenvalue weighted by Gasteiger charge is 2.36. The van der Waals surface area contributed by atoms with Crippen molar-refractivity contribution in [1.29, 1.82) is 0 Å². The zero-order valence-corrected chi connectivity index (χ0v) is 37.4. The summed E-state index contributed by atoms with van der Waals surface area (Å²) in [5.41, 5.74) is 8.15. The van der Waals surface area contributed by atoms with Crippen LogP contribution in [-0.2, 0) is 50.0 Å². The summed E-state index contributed by atoms with van der Waals surface area (Å²) in [5.74, 6) is -3.99. The number of anilines is 1. The molecule has 2 heterocycles. The van der Waals surface area contributed by atoms with Gasteiger partial charge in [0.2, 0.25) is 21.8 Å².